The van der Waals surface area contributed by atoms with Crippen molar-refractivity contribution in [1.82, 2.24) is 14.9 Å². The van der Waals surface area contributed by atoms with Gasteiger partial charge in [-0.3, -0.25) is 9.36 Å². The molecule has 8 heteroatoms. The van der Waals surface area contributed by atoms with E-state index in [2.05, 4.69) is 10.3 Å². The van der Waals surface area contributed by atoms with Crippen molar-refractivity contribution in [2.45, 2.75) is 62.7 Å². The molecule has 1 aliphatic heterocycles. The fourth-order valence-electron chi connectivity index (χ4n) is 4.28. The number of fused-ring (bicyclic) bond motifs is 1. The predicted molar refractivity (Wildman–Crippen MR) is 120 cm³/mol. The molecule has 1 unspecified atom stereocenters. The molecule has 1 aromatic heterocycles. The topological polar surface area (TPSA) is 82.5 Å². The molecule has 1 saturated heterocycles. The van der Waals surface area contributed by atoms with Crippen LogP contribution in [0.5, 0.6) is 5.75 Å². The first-order valence-corrected chi connectivity index (χ1v) is 11.9. The lowest BCUT2D eigenvalue weighted by Gasteiger charge is -2.24. The third-order valence-electron chi connectivity index (χ3n) is 5.87. The van der Waals surface area contributed by atoms with Crippen molar-refractivity contribution in [2.24, 2.45) is 0 Å². The Morgan fingerprint density at radius 3 is 2.94 bits per heavy atom. The highest BCUT2D eigenvalue weighted by atomic mass is 32.2. The summed E-state index contributed by atoms with van der Waals surface area (Å²) in [4.78, 5) is 29.6. The Bertz CT molecular complexity index is 985. The van der Waals surface area contributed by atoms with Gasteiger partial charge in [-0.2, -0.15) is 4.98 Å². The van der Waals surface area contributed by atoms with Gasteiger partial charge < -0.3 is 14.8 Å². The Morgan fingerprint density at radius 1 is 1.29 bits per heavy atom. The standard InChI is InChI=1S/C23H29N3O4S/c1-29-20-11-5-2-7-16(20)13-24-21(27)15-31-22-18-9-3-4-10-19(18)26(23(28)25-22)14-17-8-6-12-30-17/h2,5,7,11,17H,3-4,6,8-10,12-15H2,1H3,(H,24,27). The second-order valence-electron chi connectivity index (χ2n) is 7.95. The van der Waals surface area contributed by atoms with E-state index in [1.54, 1.807) is 7.11 Å². The van der Waals surface area contributed by atoms with Crippen LogP contribution < -0.4 is 15.7 Å². The monoisotopic (exact) mass is 443 g/mol. The molecular weight excluding hydrogens is 414 g/mol. The van der Waals surface area contributed by atoms with Crippen molar-refractivity contribution in [3.8, 4) is 5.75 Å². The van der Waals surface area contributed by atoms with E-state index >= 15 is 0 Å². The number of aromatic nitrogens is 2. The Labute approximate surface area is 186 Å². The number of ether oxygens (including phenoxy) is 2. The fraction of sp³-hybridized carbons (Fsp3) is 0.522. The molecule has 7 nitrogen and oxygen atoms in total. The van der Waals surface area contributed by atoms with Crippen LogP contribution in [0.3, 0.4) is 0 Å². The van der Waals surface area contributed by atoms with Crippen LogP contribution in [-0.4, -0.2) is 41.0 Å². The second-order valence-corrected chi connectivity index (χ2v) is 8.92. The zero-order chi connectivity index (χ0) is 21.6. The highest BCUT2D eigenvalue weighted by Gasteiger charge is 2.24. The fourth-order valence-corrected chi connectivity index (χ4v) is 5.18. The molecule has 4 rings (SSSR count). The molecule has 166 valence electrons. The molecule has 1 fully saturated rings. The number of rotatable bonds is 8. The molecule has 1 amide bonds. The summed E-state index contributed by atoms with van der Waals surface area (Å²) in [5.41, 5.74) is 2.91. The summed E-state index contributed by atoms with van der Waals surface area (Å²) in [6, 6.07) is 7.62. The molecule has 2 aliphatic rings. The Balaban J connectivity index is 1.42. The Hall–Kier alpha value is -2.32. The minimum absolute atomic E-state index is 0.0919. The van der Waals surface area contributed by atoms with Gasteiger partial charge in [0.1, 0.15) is 10.8 Å². The first kappa shape index (κ1) is 21.9. The Kier molecular flexibility index (Phi) is 7.29. The van der Waals surface area contributed by atoms with Gasteiger partial charge in [-0.05, 0) is 44.6 Å². The number of methoxy groups -OCH3 is 1. The highest BCUT2D eigenvalue weighted by molar-refractivity contribution is 7.99. The SMILES string of the molecule is COc1ccccc1CNC(=O)CSc1nc(=O)n(CC2CCCO2)c2c1CCCC2. The Morgan fingerprint density at radius 2 is 2.13 bits per heavy atom. The molecule has 0 saturated carbocycles. The summed E-state index contributed by atoms with van der Waals surface area (Å²) < 4.78 is 12.9. The van der Waals surface area contributed by atoms with Crippen molar-refractivity contribution in [1.29, 1.82) is 0 Å². The molecule has 1 aromatic carbocycles. The third kappa shape index (κ3) is 5.30. The molecule has 1 aliphatic carbocycles. The minimum Gasteiger partial charge on any atom is -0.496 e. The van der Waals surface area contributed by atoms with Gasteiger partial charge in [0.15, 0.2) is 0 Å². The number of amides is 1. The summed E-state index contributed by atoms with van der Waals surface area (Å²) >= 11 is 1.35. The molecular formula is C23H29N3O4S. The number of nitrogens with one attached hydrogen (secondary N) is 1. The zero-order valence-electron chi connectivity index (χ0n) is 17.9. The van der Waals surface area contributed by atoms with Crippen LogP contribution in [0.25, 0.3) is 0 Å². The number of para-hydroxylation sites is 1. The van der Waals surface area contributed by atoms with Crippen LogP contribution >= 0.6 is 11.8 Å². The molecule has 0 bridgehead atoms. The number of nitrogens with zero attached hydrogens (tertiary/aromatic N) is 2. The number of hydrogen-bond acceptors (Lipinski definition) is 6. The molecule has 31 heavy (non-hydrogen) atoms. The summed E-state index contributed by atoms with van der Waals surface area (Å²) in [5.74, 6) is 0.885. The number of carbonyl (C=O) groups is 1. The summed E-state index contributed by atoms with van der Waals surface area (Å²) in [7, 11) is 1.62. The van der Waals surface area contributed by atoms with Crippen LogP contribution in [0, 0.1) is 0 Å². The molecule has 2 aromatic rings. The van der Waals surface area contributed by atoms with Crippen LogP contribution in [-0.2, 0) is 35.5 Å². The van der Waals surface area contributed by atoms with Crippen molar-refractivity contribution in [2.75, 3.05) is 19.5 Å². The van der Waals surface area contributed by atoms with Crippen LogP contribution in [0.2, 0.25) is 0 Å². The lowest BCUT2D eigenvalue weighted by Crippen LogP contribution is -2.34. The van der Waals surface area contributed by atoms with Crippen LogP contribution in [0.4, 0.5) is 0 Å². The molecule has 0 radical (unpaired) electrons. The zero-order valence-corrected chi connectivity index (χ0v) is 18.7. The van der Waals surface area contributed by atoms with Gasteiger partial charge in [-0.1, -0.05) is 30.0 Å². The molecule has 0 spiro atoms. The molecule has 2 heterocycles. The van der Waals surface area contributed by atoms with E-state index in [9.17, 15) is 9.59 Å². The predicted octanol–water partition coefficient (Wildman–Crippen LogP) is 2.72. The average molecular weight is 444 g/mol. The van der Waals surface area contributed by atoms with Gasteiger partial charge in [0, 0.05) is 30.0 Å². The van der Waals surface area contributed by atoms with Gasteiger partial charge in [0.05, 0.1) is 25.5 Å². The van der Waals surface area contributed by atoms with Gasteiger partial charge in [-0.25, -0.2) is 4.79 Å². The van der Waals surface area contributed by atoms with Crippen LogP contribution in [0.15, 0.2) is 34.1 Å². The quantitative estimate of drug-likeness (QED) is 0.499. The smallest absolute Gasteiger partial charge is 0.348 e. The van der Waals surface area contributed by atoms with Crippen molar-refractivity contribution in [3.63, 3.8) is 0 Å². The van der Waals surface area contributed by atoms with E-state index in [1.807, 2.05) is 28.8 Å². The van der Waals surface area contributed by atoms with Gasteiger partial charge in [0.25, 0.3) is 0 Å². The van der Waals surface area contributed by atoms with Crippen molar-refractivity contribution >= 4 is 17.7 Å². The minimum atomic E-state index is -0.229. The number of hydrogen-bond donors (Lipinski definition) is 1. The van der Waals surface area contributed by atoms with Crippen molar-refractivity contribution in [3.05, 3.63) is 51.6 Å². The molecule has 1 N–H and O–H groups in total. The lowest BCUT2D eigenvalue weighted by atomic mass is 9.97. The summed E-state index contributed by atoms with van der Waals surface area (Å²) in [5, 5.41) is 3.64. The maximum atomic E-state index is 12.8. The van der Waals surface area contributed by atoms with E-state index in [0.29, 0.717) is 18.1 Å². The highest BCUT2D eigenvalue weighted by Crippen LogP contribution is 2.29. The van der Waals surface area contributed by atoms with E-state index in [1.165, 1.54) is 11.8 Å². The largest absolute Gasteiger partial charge is 0.496 e. The average Bonchev–Trinajstić information content (AvgIpc) is 3.32. The summed E-state index contributed by atoms with van der Waals surface area (Å²) in [6.45, 7) is 1.75. The normalized spacial score (nSPS) is 17.9. The maximum Gasteiger partial charge on any atom is 0.348 e. The van der Waals surface area contributed by atoms with Crippen molar-refractivity contribution < 1.29 is 14.3 Å². The number of carbonyl (C=O) groups excluding carboxylic acids is 1. The lowest BCUT2D eigenvalue weighted by molar-refractivity contribution is -0.118. The van der Waals surface area contributed by atoms with E-state index < -0.39 is 0 Å². The van der Waals surface area contributed by atoms with E-state index in [4.69, 9.17) is 9.47 Å². The van der Waals surface area contributed by atoms with E-state index in [0.717, 1.165) is 67.7 Å². The van der Waals surface area contributed by atoms with Crippen LogP contribution in [0.1, 0.15) is 42.5 Å². The van der Waals surface area contributed by atoms with E-state index in [-0.39, 0.29) is 23.5 Å². The van der Waals surface area contributed by atoms with Gasteiger partial charge in [0.2, 0.25) is 5.91 Å². The summed E-state index contributed by atoms with van der Waals surface area (Å²) in [6.07, 6.45) is 6.08. The third-order valence-corrected chi connectivity index (χ3v) is 6.89. The second kappa shape index (κ2) is 10.3. The maximum absolute atomic E-state index is 12.8. The number of benzene rings is 1. The molecule has 1 atom stereocenters. The van der Waals surface area contributed by atoms with Gasteiger partial charge in [-0.15, -0.1) is 0 Å². The first-order valence-electron chi connectivity index (χ1n) is 10.9. The van der Waals surface area contributed by atoms with Gasteiger partial charge >= 0.3 is 5.69 Å². The first-order chi connectivity index (χ1) is 15.2. The number of thioether (sulfide) groups is 1.